The maximum Gasteiger partial charge on any atom is 0.208 e. The van der Waals surface area contributed by atoms with Crippen LogP contribution in [0.25, 0.3) is 0 Å². The molecule has 1 saturated heterocycles. The van der Waals surface area contributed by atoms with Gasteiger partial charge in [-0.15, -0.1) is 0 Å². The van der Waals surface area contributed by atoms with Gasteiger partial charge in [0.05, 0.1) is 5.56 Å². The first-order valence-electron chi connectivity index (χ1n) is 9.96. The average Bonchev–Trinajstić information content (AvgIpc) is 3.05. The summed E-state index contributed by atoms with van der Waals surface area (Å²) in [5.74, 6) is -4.39. The van der Waals surface area contributed by atoms with Crippen molar-refractivity contribution >= 4 is 11.6 Å². The van der Waals surface area contributed by atoms with Crippen molar-refractivity contribution in [2.45, 2.75) is 37.8 Å². The Bertz CT molecular complexity index is 981. The summed E-state index contributed by atoms with van der Waals surface area (Å²) in [5.41, 5.74) is 1.84. The van der Waals surface area contributed by atoms with Gasteiger partial charge >= 0.3 is 0 Å². The smallest absolute Gasteiger partial charge is 0.208 e. The highest BCUT2D eigenvalue weighted by Gasteiger charge is 2.42. The summed E-state index contributed by atoms with van der Waals surface area (Å²) in [5, 5.41) is 51.5. The minimum absolute atomic E-state index is 0.00209. The fraction of sp³-hybridized carbons (Fsp3) is 0.455. The van der Waals surface area contributed by atoms with Crippen molar-refractivity contribution in [2.24, 2.45) is 0 Å². The van der Waals surface area contributed by atoms with E-state index in [1.807, 2.05) is 12.1 Å². The molecule has 7 nitrogen and oxygen atoms in total. The number of piperazine rings is 1. The van der Waals surface area contributed by atoms with Gasteiger partial charge in [-0.25, -0.2) is 0 Å². The van der Waals surface area contributed by atoms with E-state index in [0.717, 1.165) is 30.8 Å². The van der Waals surface area contributed by atoms with Crippen LogP contribution < -0.4 is 0 Å². The topological polar surface area (TPSA) is 108 Å². The lowest BCUT2D eigenvalue weighted by atomic mass is 9.90. The molecule has 8 heteroatoms. The summed E-state index contributed by atoms with van der Waals surface area (Å²) in [6.45, 7) is 6.97. The molecule has 0 aromatic heterocycles. The van der Waals surface area contributed by atoms with Gasteiger partial charge in [-0.05, 0) is 50.6 Å². The molecule has 1 heterocycles. The minimum Gasteiger partial charge on any atom is -0.504 e. The van der Waals surface area contributed by atoms with Crippen LogP contribution in [-0.2, 0) is 0 Å². The quantitative estimate of drug-likeness (QED) is 0.364. The van der Waals surface area contributed by atoms with Gasteiger partial charge in [0.1, 0.15) is 0 Å². The third-order valence-corrected chi connectivity index (χ3v) is 7.02. The molecule has 30 heavy (non-hydrogen) atoms. The van der Waals surface area contributed by atoms with E-state index in [9.17, 15) is 25.5 Å². The Labute approximate surface area is 180 Å². The zero-order chi connectivity index (χ0) is 22.0. The number of hydrogen-bond donors (Lipinski definition) is 5. The summed E-state index contributed by atoms with van der Waals surface area (Å²) in [6.07, 6.45) is 0.528. The monoisotopic (exact) mass is 434 g/mol. The molecule has 0 saturated carbocycles. The van der Waals surface area contributed by atoms with E-state index in [2.05, 4.69) is 30.7 Å². The Hall–Kier alpha value is -2.35. The van der Waals surface area contributed by atoms with Gasteiger partial charge in [0.25, 0.3) is 0 Å². The molecule has 0 unspecified atom stereocenters. The van der Waals surface area contributed by atoms with E-state index in [-0.39, 0.29) is 17.1 Å². The van der Waals surface area contributed by atoms with Crippen LogP contribution in [0.1, 0.15) is 48.9 Å². The van der Waals surface area contributed by atoms with E-state index in [1.54, 1.807) is 6.07 Å². The van der Waals surface area contributed by atoms with Crippen LogP contribution in [0.4, 0.5) is 0 Å². The fourth-order valence-corrected chi connectivity index (χ4v) is 5.01. The first kappa shape index (κ1) is 20.9. The Morgan fingerprint density at radius 2 is 1.50 bits per heavy atom. The highest BCUT2D eigenvalue weighted by molar-refractivity contribution is 6.30. The number of hydrogen-bond acceptors (Lipinski definition) is 7. The number of rotatable bonds is 2. The number of phenols is 5. The van der Waals surface area contributed by atoms with Crippen molar-refractivity contribution in [3.8, 4) is 28.7 Å². The van der Waals surface area contributed by atoms with Crippen molar-refractivity contribution in [1.82, 2.24) is 9.80 Å². The molecule has 2 aromatic rings. The summed E-state index contributed by atoms with van der Waals surface area (Å²) in [7, 11) is 2.11. The molecule has 0 radical (unpaired) electrons. The summed E-state index contributed by atoms with van der Waals surface area (Å²) in [6, 6.07) is 5.50. The lowest BCUT2D eigenvalue weighted by Crippen LogP contribution is -2.58. The van der Waals surface area contributed by atoms with Crippen LogP contribution in [0.3, 0.4) is 0 Å². The van der Waals surface area contributed by atoms with Crippen LogP contribution in [-0.4, -0.2) is 67.6 Å². The number of halogens is 1. The molecule has 1 aliphatic heterocycles. The first-order chi connectivity index (χ1) is 14.0. The summed E-state index contributed by atoms with van der Waals surface area (Å²) in [4.78, 5) is 4.70. The van der Waals surface area contributed by atoms with Crippen LogP contribution in [0.15, 0.2) is 18.2 Å². The largest absolute Gasteiger partial charge is 0.504 e. The van der Waals surface area contributed by atoms with Gasteiger partial charge in [-0.1, -0.05) is 17.7 Å². The molecule has 1 aliphatic carbocycles. The predicted octanol–water partition coefficient (Wildman–Crippen LogP) is 3.47. The number of fused-ring (bicyclic) bond motifs is 1. The number of nitrogens with zero attached hydrogens (tertiary/aromatic N) is 2. The molecule has 2 aliphatic rings. The van der Waals surface area contributed by atoms with E-state index >= 15 is 0 Å². The van der Waals surface area contributed by atoms with E-state index in [4.69, 9.17) is 11.6 Å². The molecule has 0 spiro atoms. The third-order valence-electron chi connectivity index (χ3n) is 6.78. The lowest BCUT2D eigenvalue weighted by Gasteiger charge is -2.47. The van der Waals surface area contributed by atoms with Crippen molar-refractivity contribution in [2.75, 3.05) is 26.7 Å². The highest BCUT2D eigenvalue weighted by atomic mass is 35.5. The maximum absolute atomic E-state index is 10.5. The number of benzene rings is 2. The zero-order valence-corrected chi connectivity index (χ0v) is 18.0. The number of phenolic OH excluding ortho intramolecular Hbond substituents is 5. The second-order valence-corrected chi connectivity index (χ2v) is 9.37. The van der Waals surface area contributed by atoms with Gasteiger partial charge in [0.2, 0.25) is 17.2 Å². The minimum atomic E-state index is -0.944. The molecule has 4 rings (SSSR count). The van der Waals surface area contributed by atoms with Gasteiger partial charge < -0.3 is 25.5 Å². The zero-order valence-electron chi connectivity index (χ0n) is 17.2. The van der Waals surface area contributed by atoms with Crippen molar-refractivity contribution in [3.63, 3.8) is 0 Å². The molecule has 5 N–H and O–H groups in total. The van der Waals surface area contributed by atoms with Gasteiger partial charge in [0, 0.05) is 42.2 Å². The van der Waals surface area contributed by atoms with Crippen LogP contribution in [0.2, 0.25) is 5.02 Å². The normalized spacial score (nSPS) is 24.1. The van der Waals surface area contributed by atoms with Crippen LogP contribution >= 0.6 is 11.6 Å². The van der Waals surface area contributed by atoms with E-state index in [1.165, 1.54) is 0 Å². The number of aromatic hydroxyl groups is 5. The molecule has 2 atom stereocenters. The highest BCUT2D eigenvalue weighted by Crippen LogP contribution is 2.58. The Morgan fingerprint density at radius 1 is 0.900 bits per heavy atom. The van der Waals surface area contributed by atoms with Gasteiger partial charge in [0.15, 0.2) is 11.5 Å². The maximum atomic E-state index is 10.5. The van der Waals surface area contributed by atoms with Crippen molar-refractivity contribution in [1.29, 1.82) is 0 Å². The standard InChI is InChI=1S/C22H27ClN2O5/c1-22(2)10-25(7-6-24(22)3)15-9-14(12-5-4-11(23)8-13(12)15)16-17(26)19(28)21(30)20(29)18(16)27/h4-5,8,14-15,26-30H,6-7,9-10H2,1-3H3/t14-,15-/m1/s1. The second-order valence-electron chi connectivity index (χ2n) is 8.94. The van der Waals surface area contributed by atoms with Crippen molar-refractivity contribution in [3.05, 3.63) is 39.9 Å². The predicted molar refractivity (Wildman–Crippen MR) is 114 cm³/mol. The molecule has 0 bridgehead atoms. The Balaban J connectivity index is 1.81. The number of likely N-dealkylation sites (N-methyl/N-ethyl adjacent to an activating group) is 1. The lowest BCUT2D eigenvalue weighted by molar-refractivity contribution is 0.0158. The Kier molecular flexibility index (Phi) is 4.96. The average molecular weight is 435 g/mol. The second kappa shape index (κ2) is 7.11. The molecule has 162 valence electrons. The molecule has 0 amide bonds. The van der Waals surface area contributed by atoms with Gasteiger partial charge in [-0.2, -0.15) is 0 Å². The molecular weight excluding hydrogens is 408 g/mol. The first-order valence-corrected chi connectivity index (χ1v) is 10.3. The molecule has 1 fully saturated rings. The van der Waals surface area contributed by atoms with Crippen molar-refractivity contribution < 1.29 is 25.5 Å². The third kappa shape index (κ3) is 3.12. The summed E-state index contributed by atoms with van der Waals surface area (Å²) >= 11 is 6.30. The SMILES string of the molecule is CN1CCN([C@@H]2C[C@@H](c3c(O)c(O)c(O)c(O)c3O)c3ccc(Cl)cc32)CC1(C)C. The molecule has 2 aromatic carbocycles. The summed E-state index contributed by atoms with van der Waals surface area (Å²) < 4.78 is 0. The fourth-order valence-electron chi connectivity index (χ4n) is 4.83. The van der Waals surface area contributed by atoms with Crippen LogP contribution in [0, 0.1) is 0 Å². The van der Waals surface area contributed by atoms with E-state index < -0.39 is 34.7 Å². The van der Waals surface area contributed by atoms with Gasteiger partial charge in [-0.3, -0.25) is 9.80 Å². The molecular formula is C22H27ClN2O5. The van der Waals surface area contributed by atoms with Crippen LogP contribution in [0.5, 0.6) is 28.7 Å². The van der Waals surface area contributed by atoms with E-state index in [0.29, 0.717) is 11.4 Å². The Morgan fingerprint density at radius 3 is 2.10 bits per heavy atom.